The standard InChI is InChI=1S/C7H15F2O2P/c1-2-3-4-5-6-7-11-12(8,9)10/h2-7H2,1H3. The van der Waals surface area contributed by atoms with Gasteiger partial charge in [0, 0.05) is 0 Å². The summed E-state index contributed by atoms with van der Waals surface area (Å²) in [7, 11) is -5.22. The molecule has 0 bridgehead atoms. The van der Waals surface area contributed by atoms with Crippen molar-refractivity contribution in [2.24, 2.45) is 0 Å². The lowest BCUT2D eigenvalue weighted by Crippen LogP contribution is -1.88. The number of halogens is 2. The van der Waals surface area contributed by atoms with Gasteiger partial charge in [-0.3, -0.25) is 4.52 Å². The number of hydrogen-bond acceptors (Lipinski definition) is 2. The van der Waals surface area contributed by atoms with E-state index in [0.29, 0.717) is 6.42 Å². The maximum absolute atomic E-state index is 11.6. The second-order valence-corrected chi connectivity index (χ2v) is 3.75. The molecule has 0 aromatic rings. The third kappa shape index (κ3) is 10.0. The van der Waals surface area contributed by atoms with Gasteiger partial charge in [0.05, 0.1) is 6.61 Å². The summed E-state index contributed by atoms with van der Waals surface area (Å²) in [6.07, 6.45) is 4.70. The maximum Gasteiger partial charge on any atom is 0.551 e. The number of rotatable bonds is 7. The third-order valence-electron chi connectivity index (χ3n) is 1.49. The first kappa shape index (κ1) is 12.0. The van der Waals surface area contributed by atoms with Crippen LogP contribution in [0.2, 0.25) is 0 Å². The third-order valence-corrected chi connectivity index (χ3v) is 1.97. The second-order valence-electron chi connectivity index (χ2n) is 2.66. The van der Waals surface area contributed by atoms with Crippen LogP contribution in [0, 0.1) is 0 Å². The Labute approximate surface area is 72.0 Å². The van der Waals surface area contributed by atoms with Crippen molar-refractivity contribution in [2.45, 2.75) is 39.0 Å². The van der Waals surface area contributed by atoms with Gasteiger partial charge in [0.2, 0.25) is 0 Å². The molecule has 0 rings (SSSR count). The predicted octanol–water partition coefficient (Wildman–Crippen LogP) is 4.02. The van der Waals surface area contributed by atoms with Gasteiger partial charge in [0.1, 0.15) is 0 Å². The molecule has 0 amide bonds. The van der Waals surface area contributed by atoms with Crippen molar-refractivity contribution in [3.63, 3.8) is 0 Å². The molecule has 0 aliphatic heterocycles. The Morgan fingerprint density at radius 3 is 2.25 bits per heavy atom. The van der Waals surface area contributed by atoms with Gasteiger partial charge in [-0.05, 0) is 6.42 Å². The molecule has 0 aliphatic carbocycles. The summed E-state index contributed by atoms with van der Waals surface area (Å²) >= 11 is 0. The number of unbranched alkanes of at least 4 members (excludes halogenated alkanes) is 4. The van der Waals surface area contributed by atoms with Gasteiger partial charge in [0.25, 0.3) is 0 Å². The molecule has 0 unspecified atom stereocenters. The first-order valence-corrected chi connectivity index (χ1v) is 5.61. The maximum atomic E-state index is 11.6. The topological polar surface area (TPSA) is 26.3 Å². The van der Waals surface area contributed by atoms with E-state index in [1.54, 1.807) is 0 Å². The lowest BCUT2D eigenvalue weighted by molar-refractivity contribution is 0.249. The molecule has 0 fully saturated rings. The summed E-state index contributed by atoms with van der Waals surface area (Å²) in [5.41, 5.74) is 0. The van der Waals surface area contributed by atoms with E-state index in [2.05, 4.69) is 11.4 Å². The summed E-state index contributed by atoms with van der Waals surface area (Å²) < 4.78 is 36.8. The van der Waals surface area contributed by atoms with Crippen LogP contribution in [-0.2, 0) is 9.09 Å². The molecule has 0 radical (unpaired) electrons. The van der Waals surface area contributed by atoms with Crippen LogP contribution in [0.5, 0.6) is 0 Å². The van der Waals surface area contributed by atoms with E-state index < -0.39 is 7.99 Å². The summed E-state index contributed by atoms with van der Waals surface area (Å²) in [6, 6.07) is 0. The zero-order valence-corrected chi connectivity index (χ0v) is 8.16. The Morgan fingerprint density at radius 2 is 1.75 bits per heavy atom. The summed E-state index contributed by atoms with van der Waals surface area (Å²) in [5, 5.41) is 0. The van der Waals surface area contributed by atoms with Crippen LogP contribution < -0.4 is 0 Å². The molecule has 5 heteroatoms. The van der Waals surface area contributed by atoms with Gasteiger partial charge in [0.15, 0.2) is 0 Å². The fourth-order valence-corrected chi connectivity index (χ4v) is 1.22. The highest BCUT2D eigenvalue weighted by molar-refractivity contribution is 7.47. The van der Waals surface area contributed by atoms with Crippen LogP contribution in [-0.4, -0.2) is 6.61 Å². The minimum absolute atomic E-state index is 0.0893. The second kappa shape index (κ2) is 6.55. The SMILES string of the molecule is CCCCCCCOP(=O)(F)F. The lowest BCUT2D eigenvalue weighted by atomic mass is 10.2. The molecule has 0 heterocycles. The molecule has 74 valence electrons. The molecule has 0 saturated carbocycles. The minimum atomic E-state index is -5.22. The van der Waals surface area contributed by atoms with E-state index in [1.807, 2.05) is 0 Å². The average molecular weight is 200 g/mol. The highest BCUT2D eigenvalue weighted by Crippen LogP contribution is 2.50. The van der Waals surface area contributed by atoms with Crippen LogP contribution in [0.1, 0.15) is 39.0 Å². The van der Waals surface area contributed by atoms with Crippen molar-refractivity contribution < 1.29 is 17.5 Å². The molecule has 0 spiro atoms. The van der Waals surface area contributed by atoms with Crippen molar-refractivity contribution in [1.29, 1.82) is 0 Å². The van der Waals surface area contributed by atoms with E-state index in [0.717, 1.165) is 25.7 Å². The van der Waals surface area contributed by atoms with Crippen molar-refractivity contribution >= 4 is 7.99 Å². The molecule has 12 heavy (non-hydrogen) atoms. The van der Waals surface area contributed by atoms with Crippen molar-refractivity contribution in [2.75, 3.05) is 6.61 Å². The molecule has 0 atom stereocenters. The molecular formula is C7H15F2O2P. The first-order chi connectivity index (χ1) is 5.56. The van der Waals surface area contributed by atoms with Crippen LogP contribution in [0.3, 0.4) is 0 Å². The molecule has 0 saturated heterocycles. The summed E-state index contributed by atoms with van der Waals surface area (Å²) in [6.45, 7) is 1.99. The average Bonchev–Trinajstić information content (AvgIpc) is 1.94. The van der Waals surface area contributed by atoms with E-state index in [-0.39, 0.29) is 6.61 Å². The van der Waals surface area contributed by atoms with E-state index in [1.165, 1.54) is 0 Å². The van der Waals surface area contributed by atoms with Gasteiger partial charge >= 0.3 is 7.99 Å². The highest BCUT2D eigenvalue weighted by atomic mass is 31.2. The largest absolute Gasteiger partial charge is 0.551 e. The molecule has 0 aromatic heterocycles. The van der Waals surface area contributed by atoms with Crippen molar-refractivity contribution in [3.8, 4) is 0 Å². The van der Waals surface area contributed by atoms with E-state index in [9.17, 15) is 13.0 Å². The fourth-order valence-electron chi connectivity index (χ4n) is 0.876. The summed E-state index contributed by atoms with van der Waals surface area (Å²) in [5.74, 6) is 0. The van der Waals surface area contributed by atoms with Gasteiger partial charge in [-0.1, -0.05) is 32.6 Å². The zero-order valence-electron chi connectivity index (χ0n) is 7.26. The highest BCUT2D eigenvalue weighted by Gasteiger charge is 2.19. The van der Waals surface area contributed by atoms with Crippen LogP contribution in [0.4, 0.5) is 8.39 Å². The Morgan fingerprint density at radius 1 is 1.17 bits per heavy atom. The van der Waals surface area contributed by atoms with Crippen molar-refractivity contribution in [3.05, 3.63) is 0 Å². The van der Waals surface area contributed by atoms with Crippen molar-refractivity contribution in [1.82, 2.24) is 0 Å². The lowest BCUT2D eigenvalue weighted by Gasteiger charge is -2.00. The Hall–Kier alpha value is 0.0500. The predicted molar refractivity (Wildman–Crippen MR) is 44.5 cm³/mol. The fraction of sp³-hybridized carbons (Fsp3) is 1.00. The van der Waals surface area contributed by atoms with Crippen LogP contribution in [0.15, 0.2) is 0 Å². The summed E-state index contributed by atoms with van der Waals surface area (Å²) in [4.78, 5) is 0. The zero-order chi connectivity index (χ0) is 9.45. The minimum Gasteiger partial charge on any atom is -0.280 e. The van der Waals surface area contributed by atoms with E-state index in [4.69, 9.17) is 0 Å². The normalized spacial score (nSPS) is 11.9. The quantitative estimate of drug-likeness (QED) is 0.458. The van der Waals surface area contributed by atoms with Gasteiger partial charge < -0.3 is 0 Å². The Bertz CT molecular complexity index is 146. The van der Waals surface area contributed by atoms with E-state index >= 15 is 0 Å². The first-order valence-electron chi connectivity index (χ1n) is 4.20. The van der Waals surface area contributed by atoms with Gasteiger partial charge in [-0.2, -0.15) is 0 Å². The monoisotopic (exact) mass is 200 g/mol. The molecule has 2 nitrogen and oxygen atoms in total. The smallest absolute Gasteiger partial charge is 0.280 e. The molecule has 0 aliphatic rings. The van der Waals surface area contributed by atoms with Gasteiger partial charge in [-0.15, -0.1) is 8.39 Å². The molecule has 0 aromatic carbocycles. The Kier molecular flexibility index (Phi) is 6.58. The molecule has 0 N–H and O–H groups in total. The molecular weight excluding hydrogens is 185 g/mol. The van der Waals surface area contributed by atoms with Crippen LogP contribution in [0.25, 0.3) is 0 Å². The number of hydrogen-bond donors (Lipinski definition) is 0. The van der Waals surface area contributed by atoms with Crippen LogP contribution >= 0.6 is 7.99 Å². The van der Waals surface area contributed by atoms with Gasteiger partial charge in [-0.25, -0.2) is 4.57 Å². The Balaban J connectivity index is 3.06.